The van der Waals surface area contributed by atoms with Crippen LogP contribution in [0.25, 0.3) is 0 Å². The molecule has 0 spiro atoms. The van der Waals surface area contributed by atoms with Crippen molar-refractivity contribution < 1.29 is 8.78 Å². The van der Waals surface area contributed by atoms with Crippen molar-refractivity contribution in [3.05, 3.63) is 65.0 Å². The van der Waals surface area contributed by atoms with E-state index in [-0.39, 0.29) is 18.0 Å². The van der Waals surface area contributed by atoms with Crippen molar-refractivity contribution in [2.24, 2.45) is 0 Å². The van der Waals surface area contributed by atoms with Crippen LogP contribution in [-0.4, -0.2) is 11.5 Å². The maximum Gasteiger partial charge on any atom is 0.129 e. The zero-order chi connectivity index (χ0) is 14.5. The van der Waals surface area contributed by atoms with Gasteiger partial charge in [0, 0.05) is 24.0 Å². The highest BCUT2D eigenvalue weighted by Crippen LogP contribution is 2.22. The van der Waals surface area contributed by atoms with E-state index in [1.807, 2.05) is 19.9 Å². The van der Waals surface area contributed by atoms with E-state index in [0.29, 0.717) is 6.54 Å². The minimum Gasteiger partial charge on any atom is -0.310 e. The predicted octanol–water partition coefficient (Wildman–Crippen LogP) is 3.56. The quantitative estimate of drug-likeness (QED) is 0.903. The van der Waals surface area contributed by atoms with Crippen LogP contribution in [0.2, 0.25) is 0 Å². The van der Waals surface area contributed by atoms with Crippen LogP contribution in [-0.2, 0) is 6.42 Å². The molecule has 2 rings (SSSR count). The average Bonchev–Trinajstić information content (AvgIpc) is 2.42. The van der Waals surface area contributed by atoms with Crippen LogP contribution in [0.4, 0.5) is 8.78 Å². The summed E-state index contributed by atoms with van der Waals surface area (Å²) >= 11 is 0. The van der Waals surface area contributed by atoms with Gasteiger partial charge >= 0.3 is 0 Å². The van der Waals surface area contributed by atoms with Crippen LogP contribution >= 0.6 is 0 Å². The van der Waals surface area contributed by atoms with Gasteiger partial charge in [-0.05, 0) is 43.1 Å². The van der Waals surface area contributed by atoms with E-state index < -0.39 is 11.6 Å². The van der Waals surface area contributed by atoms with Crippen molar-refractivity contribution >= 4 is 0 Å². The average molecular weight is 276 g/mol. The first-order chi connectivity index (χ1) is 9.61. The van der Waals surface area contributed by atoms with Gasteiger partial charge in [-0.1, -0.05) is 19.1 Å². The maximum absolute atomic E-state index is 13.8. The normalized spacial score (nSPS) is 12.4. The maximum atomic E-state index is 13.8. The van der Waals surface area contributed by atoms with E-state index in [4.69, 9.17) is 0 Å². The Morgan fingerprint density at radius 2 is 1.90 bits per heavy atom. The lowest BCUT2D eigenvalue weighted by Crippen LogP contribution is -2.24. The Morgan fingerprint density at radius 3 is 2.50 bits per heavy atom. The fraction of sp³-hybridized carbons (Fsp3) is 0.312. The van der Waals surface area contributed by atoms with Crippen molar-refractivity contribution in [2.45, 2.75) is 26.3 Å². The minimum absolute atomic E-state index is 0.111. The lowest BCUT2D eigenvalue weighted by Gasteiger charge is -2.19. The Bertz CT molecular complexity index is 564. The highest BCUT2D eigenvalue weighted by atomic mass is 19.1. The molecule has 0 aliphatic heterocycles. The summed E-state index contributed by atoms with van der Waals surface area (Å²) in [4.78, 5) is 4.15. The molecule has 20 heavy (non-hydrogen) atoms. The van der Waals surface area contributed by atoms with E-state index in [2.05, 4.69) is 10.3 Å². The molecular weight excluding hydrogens is 258 g/mol. The monoisotopic (exact) mass is 276 g/mol. The third-order valence-corrected chi connectivity index (χ3v) is 3.22. The summed E-state index contributed by atoms with van der Waals surface area (Å²) in [5, 5.41) is 3.26. The molecule has 0 bridgehead atoms. The van der Waals surface area contributed by atoms with Crippen LogP contribution in [0.5, 0.6) is 0 Å². The van der Waals surface area contributed by atoms with Gasteiger partial charge in [-0.3, -0.25) is 4.98 Å². The largest absolute Gasteiger partial charge is 0.310 e. The number of rotatable bonds is 5. The molecule has 1 heterocycles. The minimum atomic E-state index is -0.506. The fourth-order valence-electron chi connectivity index (χ4n) is 2.25. The summed E-state index contributed by atoms with van der Waals surface area (Å²) < 4.78 is 27.5. The highest BCUT2D eigenvalue weighted by Gasteiger charge is 2.17. The van der Waals surface area contributed by atoms with Crippen molar-refractivity contribution in [2.75, 3.05) is 6.54 Å². The number of nitrogens with one attached hydrogen (secondary N) is 1. The second-order valence-electron chi connectivity index (χ2n) is 4.81. The van der Waals surface area contributed by atoms with E-state index in [1.165, 1.54) is 18.2 Å². The number of benzene rings is 1. The number of halogens is 2. The zero-order valence-electron chi connectivity index (χ0n) is 11.7. The third kappa shape index (κ3) is 3.39. The van der Waals surface area contributed by atoms with Gasteiger partial charge in [-0.2, -0.15) is 0 Å². The van der Waals surface area contributed by atoms with E-state index in [0.717, 1.165) is 11.1 Å². The molecule has 0 aliphatic carbocycles. The molecule has 0 fully saturated rings. The lowest BCUT2D eigenvalue weighted by molar-refractivity contribution is 0.498. The van der Waals surface area contributed by atoms with Crippen molar-refractivity contribution in [1.82, 2.24) is 10.3 Å². The van der Waals surface area contributed by atoms with Crippen LogP contribution in [0.15, 0.2) is 36.7 Å². The number of aryl methyl sites for hydroxylation is 1. The van der Waals surface area contributed by atoms with Gasteiger partial charge in [-0.15, -0.1) is 0 Å². The number of likely N-dealkylation sites (N-methyl/N-ethyl adjacent to an activating group) is 1. The molecule has 1 aromatic carbocycles. The first-order valence-electron chi connectivity index (χ1n) is 6.69. The number of hydrogen-bond donors (Lipinski definition) is 1. The van der Waals surface area contributed by atoms with Crippen LogP contribution in [0.1, 0.15) is 29.7 Å². The van der Waals surface area contributed by atoms with Crippen molar-refractivity contribution in [1.29, 1.82) is 0 Å². The van der Waals surface area contributed by atoms with Gasteiger partial charge < -0.3 is 5.32 Å². The molecule has 2 aromatic rings. The molecular formula is C16H18F2N2. The number of aromatic nitrogens is 1. The second kappa shape index (κ2) is 6.57. The first kappa shape index (κ1) is 14.6. The Labute approximate surface area is 117 Å². The van der Waals surface area contributed by atoms with Gasteiger partial charge in [0.1, 0.15) is 11.6 Å². The summed E-state index contributed by atoms with van der Waals surface area (Å²) in [6.07, 6.45) is 3.76. The van der Waals surface area contributed by atoms with Gasteiger partial charge in [0.2, 0.25) is 0 Å². The topological polar surface area (TPSA) is 24.9 Å². The summed E-state index contributed by atoms with van der Waals surface area (Å²) in [5.74, 6) is -1.01. The van der Waals surface area contributed by atoms with Crippen LogP contribution < -0.4 is 5.32 Å². The Balaban J connectivity index is 2.30. The summed E-state index contributed by atoms with van der Waals surface area (Å²) in [7, 11) is 0. The Morgan fingerprint density at radius 1 is 1.20 bits per heavy atom. The van der Waals surface area contributed by atoms with Crippen LogP contribution in [0.3, 0.4) is 0 Å². The molecule has 1 N–H and O–H groups in total. The van der Waals surface area contributed by atoms with Gasteiger partial charge in [0.15, 0.2) is 0 Å². The van der Waals surface area contributed by atoms with E-state index in [9.17, 15) is 8.78 Å². The summed E-state index contributed by atoms with van der Waals surface area (Å²) in [5.41, 5.74) is 2.08. The number of pyridine rings is 1. The zero-order valence-corrected chi connectivity index (χ0v) is 11.7. The van der Waals surface area contributed by atoms with Gasteiger partial charge in [-0.25, -0.2) is 8.78 Å². The molecule has 1 atom stereocenters. The Hall–Kier alpha value is -1.81. The fourth-order valence-corrected chi connectivity index (χ4v) is 2.25. The molecule has 2 nitrogen and oxygen atoms in total. The van der Waals surface area contributed by atoms with Crippen LogP contribution in [0, 0.1) is 18.6 Å². The molecule has 106 valence electrons. The number of nitrogens with zero attached hydrogens (tertiary/aromatic N) is 1. The highest BCUT2D eigenvalue weighted by molar-refractivity contribution is 5.26. The summed E-state index contributed by atoms with van der Waals surface area (Å²) in [6, 6.07) is 5.79. The smallest absolute Gasteiger partial charge is 0.129 e. The molecule has 0 aliphatic rings. The van der Waals surface area contributed by atoms with E-state index in [1.54, 1.807) is 12.4 Å². The molecule has 0 radical (unpaired) electrons. The SMILES string of the molecule is CCNC(Cc1c(F)cccc1F)c1cncc(C)c1. The molecule has 0 saturated carbocycles. The third-order valence-electron chi connectivity index (χ3n) is 3.22. The lowest BCUT2D eigenvalue weighted by atomic mass is 9.98. The first-order valence-corrected chi connectivity index (χ1v) is 6.69. The molecule has 0 saturated heterocycles. The standard InChI is InChI=1S/C16H18F2N2/c1-3-20-16(12-7-11(2)9-19-10-12)8-13-14(17)5-4-6-15(13)18/h4-7,9-10,16,20H,3,8H2,1-2H3. The van der Waals surface area contributed by atoms with Crippen molar-refractivity contribution in [3.8, 4) is 0 Å². The Kier molecular flexibility index (Phi) is 4.79. The van der Waals surface area contributed by atoms with Crippen molar-refractivity contribution in [3.63, 3.8) is 0 Å². The number of hydrogen-bond acceptors (Lipinski definition) is 2. The molecule has 1 unspecified atom stereocenters. The predicted molar refractivity (Wildman–Crippen MR) is 75.5 cm³/mol. The molecule has 1 aromatic heterocycles. The summed E-state index contributed by atoms with van der Waals surface area (Å²) in [6.45, 7) is 4.63. The molecule has 4 heteroatoms. The van der Waals surface area contributed by atoms with Gasteiger partial charge in [0.25, 0.3) is 0 Å². The molecule has 0 amide bonds. The van der Waals surface area contributed by atoms with E-state index >= 15 is 0 Å². The van der Waals surface area contributed by atoms with Gasteiger partial charge in [0.05, 0.1) is 0 Å². The second-order valence-corrected chi connectivity index (χ2v) is 4.81.